The van der Waals surface area contributed by atoms with E-state index in [9.17, 15) is 5.11 Å². The summed E-state index contributed by atoms with van der Waals surface area (Å²) >= 11 is 5.95. The molecule has 70 valence electrons. The van der Waals surface area contributed by atoms with Gasteiger partial charge in [0.25, 0.3) is 0 Å². The maximum Gasteiger partial charge on any atom is 0.0621 e. The van der Waals surface area contributed by atoms with Gasteiger partial charge in [-0.25, -0.2) is 0 Å². The van der Waals surface area contributed by atoms with Gasteiger partial charge in [-0.15, -0.1) is 0 Å². The maximum absolute atomic E-state index is 9.39. The first-order valence-electron chi connectivity index (χ1n) is 4.55. The molecule has 1 heterocycles. The smallest absolute Gasteiger partial charge is 0.0621 e. The standard InChI is InChI=1S/C10H12ClNO/c11-8-2-1-5-12-9(8)6-7-3-4-10(7)13/h1-2,5,7,10,13H,3-4,6H2. The highest BCUT2D eigenvalue weighted by Crippen LogP contribution is 2.31. The fourth-order valence-electron chi connectivity index (χ4n) is 1.61. The fraction of sp³-hybridized carbons (Fsp3) is 0.500. The number of halogens is 1. The Bertz CT molecular complexity index is 303. The summed E-state index contributed by atoms with van der Waals surface area (Å²) in [5.41, 5.74) is 0.910. The number of rotatable bonds is 2. The van der Waals surface area contributed by atoms with E-state index < -0.39 is 0 Å². The first kappa shape index (κ1) is 8.97. The largest absolute Gasteiger partial charge is 0.393 e. The van der Waals surface area contributed by atoms with Crippen LogP contribution in [0.5, 0.6) is 0 Å². The molecule has 0 spiro atoms. The van der Waals surface area contributed by atoms with Gasteiger partial charge in [0.2, 0.25) is 0 Å². The van der Waals surface area contributed by atoms with Crippen LogP contribution in [0.2, 0.25) is 5.02 Å². The van der Waals surface area contributed by atoms with E-state index in [2.05, 4.69) is 4.98 Å². The molecule has 2 nitrogen and oxygen atoms in total. The Balaban J connectivity index is 2.05. The van der Waals surface area contributed by atoms with E-state index in [-0.39, 0.29) is 6.10 Å². The molecular formula is C10H12ClNO. The molecule has 1 fully saturated rings. The second-order valence-electron chi connectivity index (χ2n) is 3.54. The van der Waals surface area contributed by atoms with Gasteiger partial charge in [0, 0.05) is 6.20 Å². The molecule has 2 unspecified atom stereocenters. The van der Waals surface area contributed by atoms with Crippen LogP contribution in [-0.2, 0) is 6.42 Å². The van der Waals surface area contributed by atoms with E-state index in [1.807, 2.05) is 12.1 Å². The summed E-state index contributed by atoms with van der Waals surface area (Å²) in [6.07, 6.45) is 4.43. The highest BCUT2D eigenvalue weighted by molar-refractivity contribution is 6.31. The quantitative estimate of drug-likeness (QED) is 0.787. The van der Waals surface area contributed by atoms with Crippen LogP contribution in [0.1, 0.15) is 18.5 Å². The zero-order valence-corrected chi connectivity index (χ0v) is 8.04. The third-order valence-electron chi connectivity index (χ3n) is 2.67. The van der Waals surface area contributed by atoms with E-state index in [0.717, 1.165) is 25.0 Å². The molecule has 0 radical (unpaired) electrons. The Morgan fingerprint density at radius 2 is 2.38 bits per heavy atom. The highest BCUT2D eigenvalue weighted by Gasteiger charge is 2.29. The summed E-state index contributed by atoms with van der Waals surface area (Å²) in [4.78, 5) is 4.19. The predicted octanol–water partition coefficient (Wildman–Crippen LogP) is 2.05. The number of aliphatic hydroxyl groups excluding tert-OH is 1. The Morgan fingerprint density at radius 3 is 2.92 bits per heavy atom. The lowest BCUT2D eigenvalue weighted by Crippen LogP contribution is -2.32. The van der Waals surface area contributed by atoms with E-state index >= 15 is 0 Å². The van der Waals surface area contributed by atoms with Gasteiger partial charge >= 0.3 is 0 Å². The fourth-order valence-corrected chi connectivity index (χ4v) is 1.81. The molecule has 1 saturated carbocycles. The first-order valence-corrected chi connectivity index (χ1v) is 4.92. The van der Waals surface area contributed by atoms with Crippen molar-refractivity contribution in [3.8, 4) is 0 Å². The van der Waals surface area contributed by atoms with Gasteiger partial charge in [0.05, 0.1) is 16.8 Å². The second-order valence-corrected chi connectivity index (χ2v) is 3.95. The lowest BCUT2D eigenvalue weighted by Gasteiger charge is -2.32. The molecule has 1 aliphatic carbocycles. The molecule has 0 bridgehead atoms. The van der Waals surface area contributed by atoms with Crippen LogP contribution in [0, 0.1) is 5.92 Å². The summed E-state index contributed by atoms with van der Waals surface area (Å²) < 4.78 is 0. The number of hydrogen-bond acceptors (Lipinski definition) is 2. The summed E-state index contributed by atoms with van der Waals surface area (Å²) in [6, 6.07) is 3.66. The van der Waals surface area contributed by atoms with Crippen LogP contribution in [0.15, 0.2) is 18.3 Å². The molecular weight excluding hydrogens is 186 g/mol. The molecule has 13 heavy (non-hydrogen) atoms. The lowest BCUT2D eigenvalue weighted by atomic mass is 9.79. The summed E-state index contributed by atoms with van der Waals surface area (Å²) in [7, 11) is 0. The number of aliphatic hydroxyl groups is 1. The van der Waals surface area contributed by atoms with Crippen molar-refractivity contribution in [1.82, 2.24) is 4.98 Å². The van der Waals surface area contributed by atoms with Crippen molar-refractivity contribution in [2.75, 3.05) is 0 Å². The Hall–Kier alpha value is -0.600. The molecule has 1 aliphatic rings. The highest BCUT2D eigenvalue weighted by atomic mass is 35.5. The normalized spacial score (nSPS) is 26.9. The van der Waals surface area contributed by atoms with E-state index in [1.165, 1.54) is 0 Å². The van der Waals surface area contributed by atoms with Gasteiger partial charge in [-0.1, -0.05) is 11.6 Å². The Morgan fingerprint density at radius 1 is 1.54 bits per heavy atom. The minimum Gasteiger partial charge on any atom is -0.393 e. The third kappa shape index (κ3) is 1.84. The van der Waals surface area contributed by atoms with Gasteiger partial charge in [0.1, 0.15) is 0 Å². The topological polar surface area (TPSA) is 33.1 Å². The zero-order valence-electron chi connectivity index (χ0n) is 7.28. The van der Waals surface area contributed by atoms with Crippen LogP contribution >= 0.6 is 11.6 Å². The van der Waals surface area contributed by atoms with Crippen LogP contribution in [0.4, 0.5) is 0 Å². The van der Waals surface area contributed by atoms with Crippen molar-refractivity contribution < 1.29 is 5.11 Å². The SMILES string of the molecule is OC1CCC1Cc1ncccc1Cl. The van der Waals surface area contributed by atoms with E-state index in [0.29, 0.717) is 10.9 Å². The molecule has 0 aromatic carbocycles. The molecule has 2 atom stereocenters. The summed E-state index contributed by atoms with van der Waals surface area (Å²) in [6.45, 7) is 0. The maximum atomic E-state index is 9.39. The third-order valence-corrected chi connectivity index (χ3v) is 3.01. The zero-order chi connectivity index (χ0) is 9.26. The summed E-state index contributed by atoms with van der Waals surface area (Å²) in [5, 5.41) is 10.1. The van der Waals surface area contributed by atoms with E-state index in [4.69, 9.17) is 11.6 Å². The molecule has 1 N–H and O–H groups in total. The molecule has 3 heteroatoms. The number of pyridine rings is 1. The van der Waals surface area contributed by atoms with Crippen molar-refractivity contribution in [2.24, 2.45) is 5.92 Å². The van der Waals surface area contributed by atoms with Crippen LogP contribution < -0.4 is 0 Å². The Labute approximate surface area is 82.6 Å². The average molecular weight is 198 g/mol. The van der Waals surface area contributed by atoms with Gasteiger partial charge in [0.15, 0.2) is 0 Å². The molecule has 1 aromatic heterocycles. The second kappa shape index (κ2) is 3.64. The molecule has 0 amide bonds. The molecule has 1 aromatic rings. The van der Waals surface area contributed by atoms with Crippen LogP contribution in [0.25, 0.3) is 0 Å². The van der Waals surface area contributed by atoms with Gasteiger partial charge in [-0.2, -0.15) is 0 Å². The van der Waals surface area contributed by atoms with Crippen molar-refractivity contribution in [3.05, 3.63) is 29.0 Å². The molecule has 0 aliphatic heterocycles. The lowest BCUT2D eigenvalue weighted by molar-refractivity contribution is 0.0239. The molecule has 0 saturated heterocycles. The number of hydrogen-bond donors (Lipinski definition) is 1. The van der Waals surface area contributed by atoms with E-state index in [1.54, 1.807) is 6.20 Å². The summed E-state index contributed by atoms with van der Waals surface area (Å²) in [5.74, 6) is 0.368. The van der Waals surface area contributed by atoms with Crippen molar-refractivity contribution >= 4 is 11.6 Å². The van der Waals surface area contributed by atoms with Gasteiger partial charge in [-0.05, 0) is 37.3 Å². The van der Waals surface area contributed by atoms with Crippen molar-refractivity contribution in [2.45, 2.75) is 25.4 Å². The first-order chi connectivity index (χ1) is 6.27. The monoisotopic (exact) mass is 197 g/mol. The minimum absolute atomic E-state index is 0.141. The van der Waals surface area contributed by atoms with Gasteiger partial charge < -0.3 is 5.11 Å². The minimum atomic E-state index is -0.141. The number of nitrogens with zero attached hydrogens (tertiary/aromatic N) is 1. The van der Waals surface area contributed by atoms with Crippen molar-refractivity contribution in [1.29, 1.82) is 0 Å². The van der Waals surface area contributed by atoms with Crippen LogP contribution in [-0.4, -0.2) is 16.2 Å². The average Bonchev–Trinajstić information content (AvgIpc) is 2.14. The predicted molar refractivity (Wildman–Crippen MR) is 51.7 cm³/mol. The molecule has 2 rings (SSSR count). The number of aromatic nitrogens is 1. The Kier molecular flexibility index (Phi) is 2.51. The van der Waals surface area contributed by atoms with Crippen LogP contribution in [0.3, 0.4) is 0 Å². The van der Waals surface area contributed by atoms with Crippen molar-refractivity contribution in [3.63, 3.8) is 0 Å². The van der Waals surface area contributed by atoms with Gasteiger partial charge in [-0.3, -0.25) is 4.98 Å².